The van der Waals surface area contributed by atoms with E-state index in [4.69, 9.17) is 11.6 Å². The highest BCUT2D eigenvalue weighted by Crippen LogP contribution is 2.33. The van der Waals surface area contributed by atoms with Gasteiger partial charge in [0.05, 0.1) is 16.6 Å². The molecule has 0 spiro atoms. The Kier molecular flexibility index (Phi) is 4.66. The molecule has 2 aromatic rings. The van der Waals surface area contributed by atoms with Gasteiger partial charge in [-0.25, -0.2) is 0 Å². The predicted octanol–water partition coefficient (Wildman–Crippen LogP) is 3.58. The summed E-state index contributed by atoms with van der Waals surface area (Å²) in [4.78, 5) is 26.9. The number of halogens is 1. The van der Waals surface area contributed by atoms with Gasteiger partial charge in [0, 0.05) is 12.2 Å². The van der Waals surface area contributed by atoms with Crippen molar-refractivity contribution >= 4 is 29.1 Å². The number of anilines is 1. The molecule has 2 atom stereocenters. The first-order chi connectivity index (χ1) is 12.6. The van der Waals surface area contributed by atoms with E-state index in [0.717, 1.165) is 31.4 Å². The monoisotopic (exact) mass is 369 g/mol. The van der Waals surface area contributed by atoms with Crippen molar-refractivity contribution < 1.29 is 9.59 Å². The molecule has 0 aromatic heterocycles. The van der Waals surface area contributed by atoms with Crippen LogP contribution in [0.5, 0.6) is 0 Å². The molecule has 2 fully saturated rings. The summed E-state index contributed by atoms with van der Waals surface area (Å²) in [7, 11) is 0. The fourth-order valence-electron chi connectivity index (χ4n) is 3.76. The summed E-state index contributed by atoms with van der Waals surface area (Å²) in [6, 6.07) is 14.5. The summed E-state index contributed by atoms with van der Waals surface area (Å²) in [5, 5.41) is 6.40. The molecule has 2 amide bonds. The zero-order valence-electron chi connectivity index (χ0n) is 14.2. The van der Waals surface area contributed by atoms with Gasteiger partial charge in [-0.1, -0.05) is 42.3 Å². The topological polar surface area (TPSA) is 61.4 Å². The van der Waals surface area contributed by atoms with Crippen LogP contribution in [0.2, 0.25) is 5.02 Å². The number of hydrogen-bond donors (Lipinski definition) is 2. The maximum Gasteiger partial charge on any atom is 0.257 e. The van der Waals surface area contributed by atoms with E-state index >= 15 is 0 Å². The van der Waals surface area contributed by atoms with E-state index in [2.05, 4.69) is 15.5 Å². The molecule has 2 heterocycles. The molecule has 2 saturated heterocycles. The second-order valence-electron chi connectivity index (χ2n) is 6.72. The minimum Gasteiger partial charge on any atom is -0.335 e. The molecule has 0 aliphatic carbocycles. The number of piperidine rings is 1. The molecule has 0 bridgehead atoms. The van der Waals surface area contributed by atoms with Crippen LogP contribution < -0.4 is 10.6 Å². The average molecular weight is 370 g/mol. The maximum absolute atomic E-state index is 12.5. The van der Waals surface area contributed by atoms with Crippen molar-refractivity contribution in [1.82, 2.24) is 10.2 Å². The van der Waals surface area contributed by atoms with Crippen molar-refractivity contribution in [3.8, 4) is 0 Å². The standard InChI is InChI=1S/C20H20ClN3O2/c21-16-9-2-1-8-15(16)19(25)22-14-7-5-6-13(12-14)18-23-20(26)17-10-3-4-11-24(17)18/h1-2,5-9,12,17-18H,3-4,10-11H2,(H,22,25)(H,23,26). The highest BCUT2D eigenvalue weighted by molar-refractivity contribution is 6.34. The normalized spacial score (nSPS) is 22.6. The molecule has 2 N–H and O–H groups in total. The molecule has 26 heavy (non-hydrogen) atoms. The Morgan fingerprint density at radius 1 is 1.15 bits per heavy atom. The molecule has 0 saturated carbocycles. The lowest BCUT2D eigenvalue weighted by atomic mass is 10.0. The van der Waals surface area contributed by atoms with Crippen LogP contribution in [0.1, 0.15) is 41.3 Å². The first-order valence-electron chi connectivity index (χ1n) is 8.85. The largest absolute Gasteiger partial charge is 0.335 e. The van der Waals surface area contributed by atoms with Crippen LogP contribution in [0.15, 0.2) is 48.5 Å². The highest BCUT2D eigenvalue weighted by atomic mass is 35.5. The van der Waals surface area contributed by atoms with E-state index in [1.807, 2.05) is 24.3 Å². The number of amides is 2. The van der Waals surface area contributed by atoms with Crippen LogP contribution in [0, 0.1) is 0 Å². The summed E-state index contributed by atoms with van der Waals surface area (Å²) in [5.74, 6) is -0.153. The Morgan fingerprint density at radius 3 is 2.85 bits per heavy atom. The Bertz CT molecular complexity index is 854. The third kappa shape index (κ3) is 3.20. The van der Waals surface area contributed by atoms with E-state index < -0.39 is 0 Å². The van der Waals surface area contributed by atoms with Crippen molar-refractivity contribution in [3.63, 3.8) is 0 Å². The van der Waals surface area contributed by atoms with Gasteiger partial charge in [-0.15, -0.1) is 0 Å². The summed E-state index contributed by atoms with van der Waals surface area (Å²) in [5.41, 5.74) is 2.09. The van der Waals surface area contributed by atoms with Crippen molar-refractivity contribution in [2.75, 3.05) is 11.9 Å². The number of carbonyl (C=O) groups is 2. The Balaban J connectivity index is 1.55. The molecule has 2 aliphatic heterocycles. The lowest BCUT2D eigenvalue weighted by Crippen LogP contribution is -2.38. The number of nitrogens with zero attached hydrogens (tertiary/aromatic N) is 1. The van der Waals surface area contributed by atoms with Crippen molar-refractivity contribution in [2.24, 2.45) is 0 Å². The van der Waals surface area contributed by atoms with Gasteiger partial charge in [0.2, 0.25) is 5.91 Å². The molecule has 2 unspecified atom stereocenters. The minimum absolute atomic E-state index is 0.0323. The van der Waals surface area contributed by atoms with E-state index in [9.17, 15) is 9.59 Å². The summed E-state index contributed by atoms with van der Waals surface area (Å²) >= 11 is 6.10. The number of carbonyl (C=O) groups excluding carboxylic acids is 2. The van der Waals surface area contributed by atoms with Crippen molar-refractivity contribution in [3.05, 3.63) is 64.7 Å². The molecule has 5 nitrogen and oxygen atoms in total. The lowest BCUT2D eigenvalue weighted by molar-refractivity contribution is -0.122. The minimum atomic E-state index is -0.251. The summed E-state index contributed by atoms with van der Waals surface area (Å²) in [6.45, 7) is 0.907. The number of benzene rings is 2. The van der Waals surface area contributed by atoms with Crippen LogP contribution >= 0.6 is 11.6 Å². The Hall–Kier alpha value is -2.37. The molecule has 2 aliphatic rings. The quantitative estimate of drug-likeness (QED) is 0.869. The molecule has 0 radical (unpaired) electrons. The number of nitrogens with one attached hydrogen (secondary N) is 2. The van der Waals surface area contributed by atoms with Crippen LogP contribution in [-0.4, -0.2) is 29.3 Å². The SMILES string of the molecule is O=C(Nc1cccc(C2NC(=O)C3CCCCN32)c1)c1ccccc1Cl. The zero-order valence-corrected chi connectivity index (χ0v) is 15.0. The van der Waals surface area contributed by atoms with Gasteiger partial charge in [-0.05, 0) is 42.7 Å². The molecule has 134 valence electrons. The van der Waals surface area contributed by atoms with Gasteiger partial charge in [0.1, 0.15) is 6.17 Å². The van der Waals surface area contributed by atoms with Gasteiger partial charge >= 0.3 is 0 Å². The van der Waals surface area contributed by atoms with Crippen LogP contribution in [-0.2, 0) is 4.79 Å². The number of fused-ring (bicyclic) bond motifs is 1. The number of hydrogen-bond acceptors (Lipinski definition) is 3. The fraction of sp³-hybridized carbons (Fsp3) is 0.300. The van der Waals surface area contributed by atoms with E-state index in [0.29, 0.717) is 16.3 Å². The van der Waals surface area contributed by atoms with Gasteiger partial charge in [-0.3, -0.25) is 14.5 Å². The maximum atomic E-state index is 12.5. The van der Waals surface area contributed by atoms with Crippen LogP contribution in [0.25, 0.3) is 0 Å². The van der Waals surface area contributed by atoms with Crippen LogP contribution in [0.3, 0.4) is 0 Å². The van der Waals surface area contributed by atoms with E-state index in [1.54, 1.807) is 24.3 Å². The van der Waals surface area contributed by atoms with Gasteiger partial charge < -0.3 is 10.6 Å². The van der Waals surface area contributed by atoms with E-state index in [1.165, 1.54) is 0 Å². The zero-order chi connectivity index (χ0) is 18.1. The average Bonchev–Trinajstić information content (AvgIpc) is 2.99. The van der Waals surface area contributed by atoms with Gasteiger partial charge in [0.25, 0.3) is 5.91 Å². The lowest BCUT2D eigenvalue weighted by Gasteiger charge is -2.31. The van der Waals surface area contributed by atoms with Gasteiger partial charge in [0.15, 0.2) is 0 Å². The second kappa shape index (κ2) is 7.09. The highest BCUT2D eigenvalue weighted by Gasteiger charge is 2.41. The third-order valence-electron chi connectivity index (χ3n) is 5.04. The van der Waals surface area contributed by atoms with Gasteiger partial charge in [-0.2, -0.15) is 0 Å². The summed E-state index contributed by atoms with van der Waals surface area (Å²) < 4.78 is 0. The Labute approximate surface area is 157 Å². The molecule has 6 heteroatoms. The van der Waals surface area contributed by atoms with Crippen molar-refractivity contribution in [1.29, 1.82) is 0 Å². The Morgan fingerprint density at radius 2 is 2.00 bits per heavy atom. The molecule has 4 rings (SSSR count). The first-order valence-corrected chi connectivity index (χ1v) is 9.23. The smallest absolute Gasteiger partial charge is 0.257 e. The first kappa shape index (κ1) is 17.1. The summed E-state index contributed by atoms with van der Waals surface area (Å²) in [6.07, 6.45) is 2.97. The van der Waals surface area contributed by atoms with Crippen LogP contribution in [0.4, 0.5) is 5.69 Å². The molecule has 2 aromatic carbocycles. The molecular weight excluding hydrogens is 350 g/mol. The fourth-order valence-corrected chi connectivity index (χ4v) is 3.98. The predicted molar refractivity (Wildman–Crippen MR) is 101 cm³/mol. The number of rotatable bonds is 3. The van der Waals surface area contributed by atoms with Crippen molar-refractivity contribution in [2.45, 2.75) is 31.5 Å². The van der Waals surface area contributed by atoms with E-state index in [-0.39, 0.29) is 24.0 Å². The third-order valence-corrected chi connectivity index (χ3v) is 5.37. The second-order valence-corrected chi connectivity index (χ2v) is 7.13. The molecular formula is C20H20ClN3O2.